The molecule has 2 rings (SSSR count). The molecule has 3 nitrogen and oxygen atoms in total. The second kappa shape index (κ2) is 4.87. The van der Waals surface area contributed by atoms with Gasteiger partial charge in [-0.05, 0) is 37.0 Å². The Morgan fingerprint density at radius 3 is 2.75 bits per heavy atom. The van der Waals surface area contributed by atoms with Gasteiger partial charge in [0.15, 0.2) is 0 Å². The molecule has 0 radical (unpaired) electrons. The summed E-state index contributed by atoms with van der Waals surface area (Å²) in [6, 6.07) is 5.23. The molecule has 86 valence electrons. The van der Waals surface area contributed by atoms with E-state index in [1.165, 1.54) is 19.3 Å². The van der Waals surface area contributed by atoms with Crippen molar-refractivity contribution in [1.82, 2.24) is 0 Å². The van der Waals surface area contributed by atoms with Crippen molar-refractivity contribution in [2.24, 2.45) is 11.7 Å². The van der Waals surface area contributed by atoms with Gasteiger partial charge in [0.1, 0.15) is 5.75 Å². The number of ether oxygens (including phenoxy) is 1. The van der Waals surface area contributed by atoms with Crippen LogP contribution in [0.4, 0.5) is 0 Å². The van der Waals surface area contributed by atoms with Crippen LogP contribution in [0, 0.1) is 5.92 Å². The maximum absolute atomic E-state index is 11.1. The lowest BCUT2D eigenvalue weighted by atomic mass is 9.86. The molecule has 1 saturated carbocycles. The van der Waals surface area contributed by atoms with E-state index < -0.39 is 5.91 Å². The average molecular weight is 284 g/mol. The topological polar surface area (TPSA) is 52.3 Å². The van der Waals surface area contributed by atoms with Crippen LogP contribution >= 0.6 is 15.9 Å². The van der Waals surface area contributed by atoms with E-state index in [0.717, 1.165) is 11.1 Å². The molecule has 1 fully saturated rings. The predicted octanol–water partition coefficient (Wildman–Crippen LogP) is 2.73. The molecule has 1 aliphatic rings. The normalized spacial score (nSPS) is 15.6. The van der Waals surface area contributed by atoms with Crippen LogP contribution in [0.5, 0.6) is 5.75 Å². The van der Waals surface area contributed by atoms with E-state index in [9.17, 15) is 4.79 Å². The number of hydrogen-bond acceptors (Lipinski definition) is 2. The minimum Gasteiger partial charge on any atom is -0.493 e. The molecule has 0 spiro atoms. The summed E-state index contributed by atoms with van der Waals surface area (Å²) in [5, 5.41) is 0. The number of hydrogen-bond donors (Lipinski definition) is 1. The molecule has 0 saturated heterocycles. The molecule has 1 aromatic carbocycles. The largest absolute Gasteiger partial charge is 0.493 e. The Labute approximate surface area is 103 Å². The molecule has 1 amide bonds. The van der Waals surface area contributed by atoms with E-state index in [4.69, 9.17) is 10.5 Å². The van der Waals surface area contributed by atoms with Gasteiger partial charge in [0.2, 0.25) is 5.91 Å². The smallest absolute Gasteiger partial charge is 0.248 e. The zero-order valence-electron chi connectivity index (χ0n) is 8.91. The van der Waals surface area contributed by atoms with Gasteiger partial charge in [-0.15, -0.1) is 0 Å². The average Bonchev–Trinajstić information content (AvgIpc) is 2.14. The second-order valence-corrected chi connectivity index (χ2v) is 5.06. The molecule has 16 heavy (non-hydrogen) atoms. The summed E-state index contributed by atoms with van der Waals surface area (Å²) < 4.78 is 6.46. The second-order valence-electron chi connectivity index (χ2n) is 4.15. The first kappa shape index (κ1) is 11.5. The van der Waals surface area contributed by atoms with E-state index in [2.05, 4.69) is 15.9 Å². The summed E-state index contributed by atoms with van der Waals surface area (Å²) >= 11 is 3.33. The van der Waals surface area contributed by atoms with Crippen LogP contribution in [0.25, 0.3) is 0 Å². The number of amides is 1. The van der Waals surface area contributed by atoms with Crippen LogP contribution in [0.2, 0.25) is 0 Å². The minimum atomic E-state index is -0.435. The van der Waals surface area contributed by atoms with Crippen molar-refractivity contribution in [2.75, 3.05) is 6.61 Å². The van der Waals surface area contributed by atoms with Gasteiger partial charge in [0.25, 0.3) is 0 Å². The van der Waals surface area contributed by atoms with Crippen LogP contribution < -0.4 is 10.5 Å². The Balaban J connectivity index is 2.04. The van der Waals surface area contributed by atoms with Crippen molar-refractivity contribution in [2.45, 2.75) is 19.3 Å². The fourth-order valence-electron chi connectivity index (χ4n) is 1.66. The van der Waals surface area contributed by atoms with Crippen LogP contribution in [-0.2, 0) is 0 Å². The first-order valence-electron chi connectivity index (χ1n) is 5.38. The summed E-state index contributed by atoms with van der Waals surface area (Å²) in [6.45, 7) is 0.731. The van der Waals surface area contributed by atoms with Crippen molar-refractivity contribution < 1.29 is 9.53 Å². The number of nitrogens with two attached hydrogens (primary N) is 1. The molecule has 4 heteroatoms. The molecular formula is C12H14BrNO2. The van der Waals surface area contributed by atoms with Crippen molar-refractivity contribution in [1.29, 1.82) is 0 Å². The van der Waals surface area contributed by atoms with Gasteiger partial charge < -0.3 is 10.5 Å². The highest BCUT2D eigenvalue weighted by atomic mass is 79.9. The maximum Gasteiger partial charge on any atom is 0.248 e. The van der Waals surface area contributed by atoms with Crippen LogP contribution in [0.3, 0.4) is 0 Å². The van der Waals surface area contributed by atoms with Gasteiger partial charge in [-0.25, -0.2) is 0 Å². The van der Waals surface area contributed by atoms with Gasteiger partial charge >= 0.3 is 0 Å². The van der Waals surface area contributed by atoms with Crippen molar-refractivity contribution in [3.05, 3.63) is 28.2 Å². The highest BCUT2D eigenvalue weighted by Crippen LogP contribution is 2.28. The summed E-state index contributed by atoms with van der Waals surface area (Å²) in [4.78, 5) is 11.1. The molecule has 1 aromatic rings. The van der Waals surface area contributed by atoms with E-state index in [1.807, 2.05) is 6.07 Å². The lowest BCUT2D eigenvalue weighted by Gasteiger charge is -2.25. The van der Waals surface area contributed by atoms with Gasteiger partial charge in [0, 0.05) is 10.0 Å². The summed E-state index contributed by atoms with van der Waals surface area (Å²) in [5.41, 5.74) is 5.70. The standard InChI is InChI=1S/C12H14BrNO2/c13-10-4-9(12(14)15)5-11(6-10)16-7-8-2-1-3-8/h4-6,8H,1-3,7H2,(H2,14,15). The van der Waals surface area contributed by atoms with Crippen LogP contribution in [0.1, 0.15) is 29.6 Å². The Bertz CT molecular complexity index is 402. The third-order valence-corrected chi connectivity index (χ3v) is 3.32. The number of carbonyl (C=O) groups is 1. The molecule has 0 bridgehead atoms. The molecule has 1 aliphatic carbocycles. The van der Waals surface area contributed by atoms with Gasteiger partial charge in [-0.3, -0.25) is 4.79 Å². The summed E-state index contributed by atoms with van der Waals surface area (Å²) in [6.07, 6.45) is 3.80. The van der Waals surface area contributed by atoms with E-state index >= 15 is 0 Å². The lowest BCUT2D eigenvalue weighted by Crippen LogP contribution is -2.19. The Morgan fingerprint density at radius 2 is 2.19 bits per heavy atom. The molecule has 0 atom stereocenters. The SMILES string of the molecule is NC(=O)c1cc(Br)cc(OCC2CCC2)c1. The van der Waals surface area contributed by atoms with Gasteiger partial charge in [-0.1, -0.05) is 22.4 Å². The van der Waals surface area contributed by atoms with Crippen molar-refractivity contribution in [3.63, 3.8) is 0 Å². The van der Waals surface area contributed by atoms with Crippen LogP contribution in [0.15, 0.2) is 22.7 Å². The van der Waals surface area contributed by atoms with Gasteiger partial charge in [-0.2, -0.15) is 0 Å². The Morgan fingerprint density at radius 1 is 1.44 bits per heavy atom. The predicted molar refractivity (Wildman–Crippen MR) is 65.5 cm³/mol. The molecule has 0 unspecified atom stereocenters. The van der Waals surface area contributed by atoms with E-state index in [-0.39, 0.29) is 0 Å². The van der Waals surface area contributed by atoms with E-state index in [1.54, 1.807) is 12.1 Å². The fraction of sp³-hybridized carbons (Fsp3) is 0.417. The highest BCUT2D eigenvalue weighted by molar-refractivity contribution is 9.10. The first-order valence-corrected chi connectivity index (χ1v) is 6.17. The summed E-state index contributed by atoms with van der Waals surface area (Å²) in [7, 11) is 0. The maximum atomic E-state index is 11.1. The first-order chi connectivity index (χ1) is 7.65. The third-order valence-electron chi connectivity index (χ3n) is 2.87. The highest BCUT2D eigenvalue weighted by Gasteiger charge is 2.18. The summed E-state index contributed by atoms with van der Waals surface area (Å²) in [5.74, 6) is 0.945. The number of carbonyl (C=O) groups excluding carboxylic acids is 1. The quantitative estimate of drug-likeness (QED) is 0.924. The van der Waals surface area contributed by atoms with E-state index in [0.29, 0.717) is 17.2 Å². The molecule has 2 N–H and O–H groups in total. The number of halogens is 1. The molecule has 0 aromatic heterocycles. The van der Waals surface area contributed by atoms with Crippen molar-refractivity contribution in [3.8, 4) is 5.75 Å². The zero-order chi connectivity index (χ0) is 11.5. The lowest BCUT2D eigenvalue weighted by molar-refractivity contribution is 0.0999. The van der Waals surface area contributed by atoms with Gasteiger partial charge in [0.05, 0.1) is 6.61 Å². The monoisotopic (exact) mass is 283 g/mol. The zero-order valence-corrected chi connectivity index (χ0v) is 10.5. The Kier molecular flexibility index (Phi) is 3.49. The fourth-order valence-corrected chi connectivity index (χ4v) is 2.13. The van der Waals surface area contributed by atoms with Crippen molar-refractivity contribution >= 4 is 21.8 Å². The molecular weight excluding hydrogens is 270 g/mol. The number of primary amides is 1. The third kappa shape index (κ3) is 2.76. The Hall–Kier alpha value is -1.03. The van der Waals surface area contributed by atoms with Crippen LogP contribution in [-0.4, -0.2) is 12.5 Å². The molecule has 0 aliphatic heterocycles. The number of benzene rings is 1. The molecule has 0 heterocycles. The minimum absolute atomic E-state index is 0.435. The number of rotatable bonds is 4.